The van der Waals surface area contributed by atoms with Gasteiger partial charge in [-0.15, -0.1) is 0 Å². The Morgan fingerprint density at radius 3 is 2.88 bits per heavy atom. The summed E-state index contributed by atoms with van der Waals surface area (Å²) in [6.45, 7) is 0.580. The van der Waals surface area contributed by atoms with Crippen LogP contribution in [0.1, 0.15) is 23.2 Å². The SMILES string of the molecule is COc1ncccc1C(=O)N(C)CC(=O)N1CCCC(C(=O)O)C1. The normalized spacial score (nSPS) is 17.2. The van der Waals surface area contributed by atoms with Gasteiger partial charge in [-0.25, -0.2) is 4.98 Å². The highest BCUT2D eigenvalue weighted by molar-refractivity contribution is 5.98. The smallest absolute Gasteiger partial charge is 0.308 e. The summed E-state index contributed by atoms with van der Waals surface area (Å²) >= 11 is 0. The van der Waals surface area contributed by atoms with Crippen molar-refractivity contribution in [2.24, 2.45) is 5.92 Å². The van der Waals surface area contributed by atoms with Gasteiger partial charge >= 0.3 is 5.97 Å². The van der Waals surface area contributed by atoms with Crippen LogP contribution in [0.25, 0.3) is 0 Å². The van der Waals surface area contributed by atoms with Crippen LogP contribution in [-0.2, 0) is 9.59 Å². The number of piperidine rings is 1. The molecule has 2 amide bonds. The predicted octanol–water partition coefficient (Wildman–Crippen LogP) is 0.485. The minimum Gasteiger partial charge on any atom is -0.481 e. The van der Waals surface area contributed by atoms with Gasteiger partial charge in [-0.2, -0.15) is 0 Å². The van der Waals surface area contributed by atoms with Crippen molar-refractivity contribution in [2.45, 2.75) is 12.8 Å². The van der Waals surface area contributed by atoms with Crippen molar-refractivity contribution in [3.8, 4) is 5.88 Å². The van der Waals surface area contributed by atoms with E-state index in [0.717, 1.165) is 0 Å². The van der Waals surface area contributed by atoms with Gasteiger partial charge in [0.1, 0.15) is 5.56 Å². The van der Waals surface area contributed by atoms with Crippen LogP contribution in [0.2, 0.25) is 0 Å². The number of pyridine rings is 1. The molecular weight excluding hydrogens is 314 g/mol. The van der Waals surface area contributed by atoms with E-state index in [2.05, 4.69) is 4.98 Å². The van der Waals surface area contributed by atoms with Crippen LogP contribution < -0.4 is 4.74 Å². The minimum atomic E-state index is -0.892. The topological polar surface area (TPSA) is 100 Å². The van der Waals surface area contributed by atoms with Crippen LogP contribution in [0.15, 0.2) is 18.3 Å². The lowest BCUT2D eigenvalue weighted by molar-refractivity contribution is -0.145. The zero-order chi connectivity index (χ0) is 17.7. The van der Waals surface area contributed by atoms with Gasteiger partial charge in [0.15, 0.2) is 0 Å². The number of carbonyl (C=O) groups excluding carboxylic acids is 2. The number of carboxylic acids is 1. The Kier molecular flexibility index (Phi) is 5.73. The van der Waals surface area contributed by atoms with Crippen molar-refractivity contribution in [1.29, 1.82) is 0 Å². The number of likely N-dealkylation sites (tertiary alicyclic amines) is 1. The molecule has 0 saturated carbocycles. The Bertz CT molecular complexity index is 634. The molecule has 1 saturated heterocycles. The second kappa shape index (κ2) is 7.76. The lowest BCUT2D eigenvalue weighted by Crippen LogP contribution is -2.46. The van der Waals surface area contributed by atoms with E-state index in [1.165, 1.54) is 30.2 Å². The molecule has 1 aromatic rings. The van der Waals surface area contributed by atoms with E-state index in [-0.39, 0.29) is 36.3 Å². The summed E-state index contributed by atoms with van der Waals surface area (Å²) in [6.07, 6.45) is 2.73. The number of amides is 2. The number of carboxylic acid groups (broad SMARTS) is 1. The Morgan fingerprint density at radius 2 is 2.21 bits per heavy atom. The maximum Gasteiger partial charge on any atom is 0.308 e. The molecule has 1 atom stereocenters. The fourth-order valence-electron chi connectivity index (χ4n) is 2.70. The molecule has 1 aromatic heterocycles. The first-order valence-corrected chi connectivity index (χ1v) is 7.69. The van der Waals surface area contributed by atoms with Crippen LogP contribution in [0.4, 0.5) is 0 Å². The molecule has 0 spiro atoms. The largest absolute Gasteiger partial charge is 0.481 e. The Labute approximate surface area is 140 Å². The third-order valence-corrected chi connectivity index (χ3v) is 4.04. The van der Waals surface area contributed by atoms with Crippen molar-refractivity contribution in [1.82, 2.24) is 14.8 Å². The first kappa shape index (κ1) is 17.7. The molecule has 24 heavy (non-hydrogen) atoms. The molecule has 1 aliphatic heterocycles. The average Bonchev–Trinajstić information content (AvgIpc) is 2.60. The van der Waals surface area contributed by atoms with Gasteiger partial charge in [0.05, 0.1) is 19.6 Å². The molecule has 2 heterocycles. The van der Waals surface area contributed by atoms with E-state index in [9.17, 15) is 14.4 Å². The lowest BCUT2D eigenvalue weighted by Gasteiger charge is -2.32. The lowest BCUT2D eigenvalue weighted by atomic mass is 9.98. The fraction of sp³-hybridized carbons (Fsp3) is 0.500. The first-order chi connectivity index (χ1) is 11.4. The summed E-state index contributed by atoms with van der Waals surface area (Å²) in [5.74, 6) is -1.87. The molecule has 1 aliphatic rings. The van der Waals surface area contributed by atoms with E-state index in [1.807, 2.05) is 0 Å². The van der Waals surface area contributed by atoms with E-state index in [4.69, 9.17) is 9.84 Å². The molecule has 0 radical (unpaired) electrons. The van der Waals surface area contributed by atoms with Crippen molar-refractivity contribution >= 4 is 17.8 Å². The second-order valence-electron chi connectivity index (χ2n) is 5.74. The Hall–Kier alpha value is -2.64. The van der Waals surface area contributed by atoms with Crippen LogP contribution in [-0.4, -0.2) is 71.5 Å². The maximum absolute atomic E-state index is 12.5. The number of ether oxygens (including phenoxy) is 1. The summed E-state index contributed by atoms with van der Waals surface area (Å²) in [5.41, 5.74) is 0.275. The number of aliphatic carboxylic acids is 1. The van der Waals surface area contributed by atoms with Gasteiger partial charge in [-0.3, -0.25) is 14.4 Å². The maximum atomic E-state index is 12.5. The number of hydrogen-bond donors (Lipinski definition) is 1. The molecule has 8 nitrogen and oxygen atoms in total. The number of methoxy groups -OCH3 is 1. The second-order valence-corrected chi connectivity index (χ2v) is 5.74. The molecule has 8 heteroatoms. The fourth-order valence-corrected chi connectivity index (χ4v) is 2.70. The van der Waals surface area contributed by atoms with Crippen LogP contribution in [0.5, 0.6) is 5.88 Å². The summed E-state index contributed by atoms with van der Waals surface area (Å²) in [7, 11) is 2.94. The van der Waals surface area contributed by atoms with Crippen LogP contribution in [0, 0.1) is 5.92 Å². The molecular formula is C16H21N3O5. The van der Waals surface area contributed by atoms with E-state index >= 15 is 0 Å². The van der Waals surface area contributed by atoms with Gasteiger partial charge < -0.3 is 19.6 Å². The van der Waals surface area contributed by atoms with Crippen molar-refractivity contribution in [3.63, 3.8) is 0 Å². The molecule has 0 aliphatic carbocycles. The summed E-state index contributed by atoms with van der Waals surface area (Å²) < 4.78 is 5.06. The summed E-state index contributed by atoms with van der Waals surface area (Å²) in [6, 6.07) is 3.20. The number of carbonyl (C=O) groups is 3. The van der Waals surface area contributed by atoms with E-state index in [1.54, 1.807) is 12.1 Å². The Balaban J connectivity index is 2.00. The van der Waals surface area contributed by atoms with Crippen LogP contribution in [0.3, 0.4) is 0 Å². The summed E-state index contributed by atoms with van der Waals surface area (Å²) in [5, 5.41) is 9.09. The quantitative estimate of drug-likeness (QED) is 0.840. The molecule has 2 rings (SSSR count). The number of nitrogens with zero attached hydrogens (tertiary/aromatic N) is 3. The van der Waals surface area contributed by atoms with Crippen molar-refractivity contribution < 1.29 is 24.2 Å². The zero-order valence-corrected chi connectivity index (χ0v) is 13.8. The van der Waals surface area contributed by atoms with Gasteiger partial charge in [-0.05, 0) is 25.0 Å². The van der Waals surface area contributed by atoms with Crippen molar-refractivity contribution in [2.75, 3.05) is 33.8 Å². The summed E-state index contributed by atoms with van der Waals surface area (Å²) in [4.78, 5) is 42.7. The van der Waals surface area contributed by atoms with E-state index in [0.29, 0.717) is 19.4 Å². The first-order valence-electron chi connectivity index (χ1n) is 7.69. The number of rotatable bonds is 5. The monoisotopic (exact) mass is 335 g/mol. The highest BCUT2D eigenvalue weighted by Crippen LogP contribution is 2.18. The molecule has 0 bridgehead atoms. The standard InChI is InChI=1S/C16H21N3O5/c1-18(15(21)12-6-3-7-17-14(12)24-2)10-13(20)19-8-4-5-11(9-19)16(22)23/h3,6-7,11H,4-5,8-10H2,1-2H3,(H,22,23). The highest BCUT2D eigenvalue weighted by atomic mass is 16.5. The average molecular weight is 335 g/mol. The van der Waals surface area contributed by atoms with Gasteiger partial charge in [0, 0.05) is 26.3 Å². The minimum absolute atomic E-state index is 0.122. The Morgan fingerprint density at radius 1 is 1.46 bits per heavy atom. The third kappa shape index (κ3) is 4.01. The molecule has 0 aromatic carbocycles. The van der Waals surface area contributed by atoms with Crippen LogP contribution >= 0.6 is 0 Å². The number of hydrogen-bond acceptors (Lipinski definition) is 5. The molecule has 1 fully saturated rings. The molecule has 130 valence electrons. The number of likely N-dealkylation sites (N-methyl/N-ethyl adjacent to an activating group) is 1. The van der Waals surface area contributed by atoms with E-state index < -0.39 is 11.9 Å². The van der Waals surface area contributed by atoms with Gasteiger partial charge in [0.2, 0.25) is 11.8 Å². The van der Waals surface area contributed by atoms with Gasteiger partial charge in [-0.1, -0.05) is 0 Å². The highest BCUT2D eigenvalue weighted by Gasteiger charge is 2.29. The molecule has 1 N–H and O–H groups in total. The molecule has 1 unspecified atom stereocenters. The third-order valence-electron chi connectivity index (χ3n) is 4.04. The number of aromatic nitrogens is 1. The zero-order valence-electron chi connectivity index (χ0n) is 13.8. The predicted molar refractivity (Wildman–Crippen MR) is 84.7 cm³/mol. The van der Waals surface area contributed by atoms with Crippen molar-refractivity contribution in [3.05, 3.63) is 23.9 Å². The van der Waals surface area contributed by atoms with Gasteiger partial charge in [0.25, 0.3) is 5.91 Å².